The predicted octanol–water partition coefficient (Wildman–Crippen LogP) is 2.37. The summed E-state index contributed by atoms with van der Waals surface area (Å²) in [5, 5.41) is 18.5. The van der Waals surface area contributed by atoms with Gasteiger partial charge in [-0.25, -0.2) is 4.79 Å². The zero-order valence-electron chi connectivity index (χ0n) is 8.94. The first-order valence-corrected chi connectivity index (χ1v) is 5.43. The van der Waals surface area contributed by atoms with Crippen molar-refractivity contribution in [2.24, 2.45) is 0 Å². The molecule has 0 bridgehead atoms. The molecule has 0 radical (unpaired) electrons. The van der Waals surface area contributed by atoms with Crippen molar-refractivity contribution >= 4 is 12.0 Å². The van der Waals surface area contributed by atoms with E-state index in [4.69, 9.17) is 5.11 Å². The summed E-state index contributed by atoms with van der Waals surface area (Å²) < 4.78 is 0. The van der Waals surface area contributed by atoms with E-state index in [0.717, 1.165) is 37.3 Å². The first-order chi connectivity index (χ1) is 7.68. The summed E-state index contributed by atoms with van der Waals surface area (Å²) in [7, 11) is 0. The van der Waals surface area contributed by atoms with Crippen molar-refractivity contribution in [1.82, 2.24) is 0 Å². The van der Waals surface area contributed by atoms with Crippen LogP contribution in [0, 0.1) is 0 Å². The Balaban J connectivity index is 2.38. The molecule has 16 heavy (non-hydrogen) atoms. The molecule has 3 nitrogen and oxygen atoms in total. The van der Waals surface area contributed by atoms with Crippen LogP contribution in [0.15, 0.2) is 18.2 Å². The van der Waals surface area contributed by atoms with Gasteiger partial charge in [0.2, 0.25) is 0 Å². The van der Waals surface area contributed by atoms with E-state index in [1.54, 1.807) is 6.07 Å². The van der Waals surface area contributed by atoms with Crippen molar-refractivity contribution in [2.45, 2.75) is 25.7 Å². The molecular weight excluding hydrogens is 204 g/mol. The number of rotatable bonds is 2. The Morgan fingerprint density at radius 1 is 1.25 bits per heavy atom. The number of aryl methyl sites for hydroxylation is 1. The van der Waals surface area contributed by atoms with Gasteiger partial charge in [-0.2, -0.15) is 0 Å². The minimum absolute atomic E-state index is 0.245. The van der Waals surface area contributed by atoms with Gasteiger partial charge in [0.05, 0.1) is 0 Å². The molecule has 0 aromatic heterocycles. The molecule has 2 rings (SSSR count). The molecule has 1 aliphatic rings. The number of hydrogen-bond donors (Lipinski definition) is 2. The molecular formula is C13H14O3. The minimum atomic E-state index is -1.00. The Morgan fingerprint density at radius 3 is 2.75 bits per heavy atom. The summed E-state index contributed by atoms with van der Waals surface area (Å²) in [6.07, 6.45) is 6.63. The van der Waals surface area contributed by atoms with E-state index in [1.165, 1.54) is 11.6 Å². The van der Waals surface area contributed by atoms with E-state index in [9.17, 15) is 9.90 Å². The van der Waals surface area contributed by atoms with Gasteiger partial charge < -0.3 is 10.2 Å². The van der Waals surface area contributed by atoms with E-state index in [-0.39, 0.29) is 5.75 Å². The maximum absolute atomic E-state index is 10.4. The topological polar surface area (TPSA) is 57.5 Å². The molecule has 0 fully saturated rings. The Kier molecular flexibility index (Phi) is 2.95. The van der Waals surface area contributed by atoms with Crippen LogP contribution in [0.25, 0.3) is 6.08 Å². The number of carboxylic acids is 1. The Bertz CT molecular complexity index is 447. The Hall–Kier alpha value is -1.77. The predicted molar refractivity (Wildman–Crippen MR) is 61.4 cm³/mol. The zero-order chi connectivity index (χ0) is 11.5. The van der Waals surface area contributed by atoms with Gasteiger partial charge in [-0.05, 0) is 42.9 Å². The number of carbonyl (C=O) groups is 1. The van der Waals surface area contributed by atoms with Crippen molar-refractivity contribution in [1.29, 1.82) is 0 Å². The molecule has 0 heterocycles. The van der Waals surface area contributed by atoms with Crippen molar-refractivity contribution in [2.75, 3.05) is 0 Å². The molecule has 3 heteroatoms. The van der Waals surface area contributed by atoms with Gasteiger partial charge in [0, 0.05) is 11.6 Å². The molecule has 1 aromatic rings. The highest BCUT2D eigenvalue weighted by Crippen LogP contribution is 2.32. The average molecular weight is 218 g/mol. The number of benzene rings is 1. The SMILES string of the molecule is O=C(O)/C=C/c1ccc2c(c1O)CCCC2. The molecule has 0 saturated heterocycles. The lowest BCUT2D eigenvalue weighted by Crippen LogP contribution is -2.03. The molecule has 0 amide bonds. The third-order valence-corrected chi connectivity index (χ3v) is 2.94. The molecule has 2 N–H and O–H groups in total. The molecule has 0 atom stereocenters. The van der Waals surface area contributed by atoms with Gasteiger partial charge in [0.15, 0.2) is 0 Å². The van der Waals surface area contributed by atoms with E-state index >= 15 is 0 Å². The van der Waals surface area contributed by atoms with Gasteiger partial charge in [-0.3, -0.25) is 0 Å². The van der Waals surface area contributed by atoms with Crippen LogP contribution in [0.2, 0.25) is 0 Å². The van der Waals surface area contributed by atoms with Gasteiger partial charge in [0.25, 0.3) is 0 Å². The number of aromatic hydroxyl groups is 1. The molecule has 0 saturated carbocycles. The van der Waals surface area contributed by atoms with Crippen LogP contribution in [0.1, 0.15) is 29.5 Å². The first-order valence-electron chi connectivity index (χ1n) is 5.43. The van der Waals surface area contributed by atoms with E-state index in [2.05, 4.69) is 0 Å². The summed E-state index contributed by atoms with van der Waals surface area (Å²) >= 11 is 0. The van der Waals surface area contributed by atoms with Crippen LogP contribution in [0.3, 0.4) is 0 Å². The zero-order valence-corrected chi connectivity index (χ0v) is 8.94. The van der Waals surface area contributed by atoms with Gasteiger partial charge in [-0.15, -0.1) is 0 Å². The monoisotopic (exact) mass is 218 g/mol. The quantitative estimate of drug-likeness (QED) is 0.749. The molecule has 1 aromatic carbocycles. The second-order valence-corrected chi connectivity index (χ2v) is 4.02. The summed E-state index contributed by atoms with van der Waals surface area (Å²) in [4.78, 5) is 10.4. The standard InChI is InChI=1S/C13H14O3/c14-12(15)8-7-10-6-5-9-3-1-2-4-11(9)13(10)16/h5-8,16H,1-4H2,(H,14,15)/b8-7+. The molecule has 0 aliphatic heterocycles. The second-order valence-electron chi connectivity index (χ2n) is 4.02. The number of carboxylic acid groups (broad SMARTS) is 1. The maximum atomic E-state index is 10.4. The van der Waals surface area contributed by atoms with Crippen LogP contribution in [0.4, 0.5) is 0 Å². The average Bonchev–Trinajstić information content (AvgIpc) is 2.28. The van der Waals surface area contributed by atoms with Crippen molar-refractivity contribution in [3.8, 4) is 5.75 Å². The molecule has 0 unspecified atom stereocenters. The van der Waals surface area contributed by atoms with Crippen molar-refractivity contribution in [3.05, 3.63) is 34.9 Å². The van der Waals surface area contributed by atoms with Gasteiger partial charge in [-0.1, -0.05) is 12.1 Å². The van der Waals surface area contributed by atoms with Crippen molar-refractivity contribution in [3.63, 3.8) is 0 Å². The summed E-state index contributed by atoms with van der Waals surface area (Å²) in [6.45, 7) is 0. The third kappa shape index (κ3) is 2.08. The van der Waals surface area contributed by atoms with Crippen LogP contribution in [-0.2, 0) is 17.6 Å². The number of phenols is 1. The van der Waals surface area contributed by atoms with Crippen LogP contribution >= 0.6 is 0 Å². The summed E-state index contributed by atoms with van der Waals surface area (Å²) in [6, 6.07) is 3.76. The van der Waals surface area contributed by atoms with E-state index in [1.807, 2.05) is 6.07 Å². The van der Waals surface area contributed by atoms with E-state index in [0.29, 0.717) is 5.56 Å². The lowest BCUT2D eigenvalue weighted by Gasteiger charge is -2.17. The lowest BCUT2D eigenvalue weighted by atomic mass is 9.89. The molecule has 84 valence electrons. The summed E-state index contributed by atoms with van der Waals surface area (Å²) in [5.41, 5.74) is 2.76. The van der Waals surface area contributed by atoms with Crippen LogP contribution in [-0.4, -0.2) is 16.2 Å². The second kappa shape index (κ2) is 4.39. The number of hydrogen-bond acceptors (Lipinski definition) is 2. The minimum Gasteiger partial charge on any atom is -0.507 e. The number of fused-ring (bicyclic) bond motifs is 1. The van der Waals surface area contributed by atoms with Crippen LogP contribution < -0.4 is 0 Å². The highest BCUT2D eigenvalue weighted by atomic mass is 16.4. The Morgan fingerprint density at radius 2 is 2.00 bits per heavy atom. The molecule has 1 aliphatic carbocycles. The highest BCUT2D eigenvalue weighted by Gasteiger charge is 2.14. The fraction of sp³-hybridized carbons (Fsp3) is 0.308. The smallest absolute Gasteiger partial charge is 0.328 e. The first kappa shape index (κ1) is 10.7. The maximum Gasteiger partial charge on any atom is 0.328 e. The fourth-order valence-electron chi connectivity index (χ4n) is 2.12. The Labute approximate surface area is 94.0 Å². The van der Waals surface area contributed by atoms with Crippen LogP contribution in [0.5, 0.6) is 5.75 Å². The van der Waals surface area contributed by atoms with Gasteiger partial charge in [0.1, 0.15) is 5.75 Å². The summed E-state index contributed by atoms with van der Waals surface area (Å²) in [5.74, 6) is -0.758. The van der Waals surface area contributed by atoms with E-state index < -0.39 is 5.97 Å². The number of aliphatic carboxylic acids is 1. The lowest BCUT2D eigenvalue weighted by molar-refractivity contribution is -0.131. The fourth-order valence-corrected chi connectivity index (χ4v) is 2.12. The molecule has 0 spiro atoms. The van der Waals surface area contributed by atoms with Gasteiger partial charge >= 0.3 is 5.97 Å². The largest absolute Gasteiger partial charge is 0.507 e. The highest BCUT2D eigenvalue weighted by molar-refractivity contribution is 5.86. The van der Waals surface area contributed by atoms with Crippen molar-refractivity contribution < 1.29 is 15.0 Å². The normalized spacial score (nSPS) is 15.0. The third-order valence-electron chi connectivity index (χ3n) is 2.94. The number of phenolic OH excluding ortho intramolecular Hbond substituents is 1.